The van der Waals surface area contributed by atoms with E-state index in [4.69, 9.17) is 5.73 Å². The second kappa shape index (κ2) is 9.47. The molecule has 1 aromatic carbocycles. The van der Waals surface area contributed by atoms with E-state index in [-0.39, 0.29) is 40.4 Å². The zero-order valence-electron chi connectivity index (χ0n) is 20.3. The van der Waals surface area contributed by atoms with Gasteiger partial charge in [0.1, 0.15) is 11.4 Å². The normalized spacial score (nSPS) is 22.7. The Morgan fingerprint density at radius 2 is 1.97 bits per heavy atom. The molecule has 186 valence electrons. The average molecular weight is 497 g/mol. The van der Waals surface area contributed by atoms with Gasteiger partial charge in [-0.15, -0.1) is 0 Å². The molecule has 2 aliphatic rings. The Morgan fingerprint density at radius 3 is 2.69 bits per heavy atom. The highest BCUT2D eigenvalue weighted by Gasteiger charge is 2.41. The first-order valence-electron chi connectivity index (χ1n) is 11.9. The van der Waals surface area contributed by atoms with Gasteiger partial charge in [-0.3, -0.25) is 4.79 Å². The summed E-state index contributed by atoms with van der Waals surface area (Å²) in [6.07, 6.45) is 6.32. The number of pyridine rings is 1. The number of nitrogens with two attached hydrogens (primary N) is 1. The standard InChI is InChI=1S/C25H32N6O3S/c1-25(2,3)31-15-17-13-18(9-10-21(17)35(31,33)34)29-23(27)22-20(11-12-28-24(22)32)30-19-8-6-4-5-7-16(19)14-26/h9-13,16,19H,4-8,15H2,1-3H3,(H2,27,29)(H2,28,30,32)/t16?,19-/m0/s1. The van der Waals surface area contributed by atoms with E-state index >= 15 is 0 Å². The Labute approximate surface area is 206 Å². The molecular formula is C25H32N6O3S. The van der Waals surface area contributed by atoms with Crippen LogP contribution in [0, 0.1) is 17.2 Å². The molecule has 9 nitrogen and oxygen atoms in total. The minimum absolute atomic E-state index is 0.0185. The zero-order chi connectivity index (χ0) is 25.4. The molecule has 0 saturated heterocycles. The molecule has 1 saturated carbocycles. The number of aliphatic imine (C=N–C) groups is 1. The van der Waals surface area contributed by atoms with Gasteiger partial charge in [-0.2, -0.15) is 9.57 Å². The van der Waals surface area contributed by atoms with Crippen LogP contribution in [0.5, 0.6) is 0 Å². The van der Waals surface area contributed by atoms with E-state index in [9.17, 15) is 18.5 Å². The van der Waals surface area contributed by atoms with Crippen LogP contribution in [-0.2, 0) is 16.6 Å². The lowest BCUT2D eigenvalue weighted by Crippen LogP contribution is -2.41. The third-order valence-electron chi connectivity index (χ3n) is 6.66. The summed E-state index contributed by atoms with van der Waals surface area (Å²) in [6, 6.07) is 8.89. The summed E-state index contributed by atoms with van der Waals surface area (Å²) >= 11 is 0. The lowest BCUT2D eigenvalue weighted by molar-refractivity contribution is 0.252. The minimum atomic E-state index is -3.58. The number of H-pyrrole nitrogens is 1. The first-order chi connectivity index (χ1) is 16.5. The first-order valence-corrected chi connectivity index (χ1v) is 13.3. The third kappa shape index (κ3) is 4.97. The number of fused-ring (bicyclic) bond motifs is 1. The van der Waals surface area contributed by atoms with Crippen molar-refractivity contribution in [2.45, 2.75) is 75.9 Å². The predicted octanol–water partition coefficient (Wildman–Crippen LogP) is 3.60. The van der Waals surface area contributed by atoms with Crippen molar-refractivity contribution in [3.63, 3.8) is 0 Å². The highest BCUT2D eigenvalue weighted by Crippen LogP contribution is 2.37. The number of rotatable bonds is 4. The van der Waals surface area contributed by atoms with Crippen molar-refractivity contribution >= 4 is 27.2 Å². The molecule has 1 fully saturated rings. The Balaban J connectivity index is 1.67. The van der Waals surface area contributed by atoms with Crippen molar-refractivity contribution in [3.05, 3.63) is 51.9 Å². The van der Waals surface area contributed by atoms with Gasteiger partial charge < -0.3 is 16.0 Å². The lowest BCUT2D eigenvalue weighted by Gasteiger charge is -2.29. The van der Waals surface area contributed by atoms with Crippen LogP contribution in [0.3, 0.4) is 0 Å². The number of hydrogen-bond acceptors (Lipinski definition) is 6. The topological polar surface area (TPSA) is 144 Å². The van der Waals surface area contributed by atoms with E-state index in [2.05, 4.69) is 21.4 Å². The molecule has 1 unspecified atom stereocenters. The molecule has 1 aromatic heterocycles. The fraction of sp³-hybridized carbons (Fsp3) is 0.480. The van der Waals surface area contributed by atoms with E-state index in [0.29, 0.717) is 16.9 Å². The molecular weight excluding hydrogens is 464 g/mol. The van der Waals surface area contributed by atoms with E-state index in [1.807, 2.05) is 20.8 Å². The fourth-order valence-electron chi connectivity index (χ4n) is 4.85. The average Bonchev–Trinajstić information content (AvgIpc) is 2.91. The Hall–Kier alpha value is -3.16. The number of anilines is 1. The van der Waals surface area contributed by atoms with E-state index < -0.39 is 15.6 Å². The van der Waals surface area contributed by atoms with Crippen molar-refractivity contribution in [1.82, 2.24) is 9.29 Å². The van der Waals surface area contributed by atoms with Gasteiger partial charge in [-0.25, -0.2) is 13.4 Å². The molecule has 10 heteroatoms. The molecule has 2 atom stereocenters. The number of sulfonamides is 1. The molecule has 0 spiro atoms. The predicted molar refractivity (Wildman–Crippen MR) is 136 cm³/mol. The maximum Gasteiger partial charge on any atom is 0.261 e. The molecule has 0 bridgehead atoms. The number of nitrogens with zero attached hydrogens (tertiary/aromatic N) is 3. The largest absolute Gasteiger partial charge is 0.383 e. The molecule has 35 heavy (non-hydrogen) atoms. The summed E-state index contributed by atoms with van der Waals surface area (Å²) in [4.78, 5) is 20.1. The number of nitriles is 1. The second-order valence-electron chi connectivity index (χ2n) is 10.2. The van der Waals surface area contributed by atoms with Crippen LogP contribution in [0.25, 0.3) is 0 Å². The van der Waals surface area contributed by atoms with Crippen LogP contribution in [0.15, 0.2) is 45.1 Å². The highest BCUT2D eigenvalue weighted by atomic mass is 32.2. The lowest BCUT2D eigenvalue weighted by atomic mass is 9.96. The number of aromatic amines is 1. The van der Waals surface area contributed by atoms with Gasteiger partial charge in [0.2, 0.25) is 10.0 Å². The van der Waals surface area contributed by atoms with Crippen molar-refractivity contribution in [1.29, 1.82) is 5.26 Å². The summed E-state index contributed by atoms with van der Waals surface area (Å²) in [6.45, 7) is 5.82. The van der Waals surface area contributed by atoms with Crippen LogP contribution in [0.2, 0.25) is 0 Å². The highest BCUT2D eigenvalue weighted by molar-refractivity contribution is 7.89. The molecule has 4 N–H and O–H groups in total. The SMILES string of the molecule is CC(C)(C)N1Cc2cc(N=C(N)c3c(N[C@H]4CCCCCC4C#N)cc[nH]c3=O)ccc2S1(=O)=O. The van der Waals surface area contributed by atoms with Gasteiger partial charge in [0.05, 0.1) is 28.3 Å². The summed E-state index contributed by atoms with van der Waals surface area (Å²) in [5.74, 6) is -0.128. The number of nitrogens with one attached hydrogen (secondary N) is 2. The van der Waals surface area contributed by atoms with Gasteiger partial charge in [0, 0.05) is 24.3 Å². The third-order valence-corrected chi connectivity index (χ3v) is 8.87. The quantitative estimate of drug-likeness (QED) is 0.335. The molecule has 2 heterocycles. The van der Waals surface area contributed by atoms with Gasteiger partial charge >= 0.3 is 0 Å². The molecule has 2 aromatic rings. The molecule has 1 aliphatic carbocycles. The van der Waals surface area contributed by atoms with Crippen molar-refractivity contribution in [2.24, 2.45) is 16.6 Å². The number of hydrogen-bond donors (Lipinski definition) is 3. The van der Waals surface area contributed by atoms with Crippen LogP contribution in [0.4, 0.5) is 11.4 Å². The van der Waals surface area contributed by atoms with Gasteiger partial charge in [-0.05, 0) is 63.4 Å². The van der Waals surface area contributed by atoms with Crippen LogP contribution in [0.1, 0.15) is 64.0 Å². The molecule has 0 radical (unpaired) electrons. The van der Waals surface area contributed by atoms with Crippen molar-refractivity contribution in [2.75, 3.05) is 5.32 Å². The second-order valence-corrected chi connectivity index (χ2v) is 12.0. The summed E-state index contributed by atoms with van der Waals surface area (Å²) in [7, 11) is -3.58. The van der Waals surface area contributed by atoms with Gasteiger partial charge in [-0.1, -0.05) is 19.3 Å². The first kappa shape index (κ1) is 24.9. The van der Waals surface area contributed by atoms with E-state index in [1.54, 1.807) is 30.5 Å². The number of amidine groups is 1. The van der Waals surface area contributed by atoms with Gasteiger partial charge in [0.15, 0.2) is 0 Å². The van der Waals surface area contributed by atoms with Crippen LogP contribution >= 0.6 is 0 Å². The summed E-state index contributed by atoms with van der Waals surface area (Å²) in [5.41, 5.74) is 7.22. The molecule has 4 rings (SSSR count). The number of aromatic nitrogens is 1. The van der Waals surface area contributed by atoms with Crippen molar-refractivity contribution in [3.8, 4) is 6.07 Å². The smallest absolute Gasteiger partial charge is 0.261 e. The molecule has 0 amide bonds. The van der Waals surface area contributed by atoms with Crippen LogP contribution in [-0.4, -0.2) is 35.1 Å². The summed E-state index contributed by atoms with van der Waals surface area (Å²) < 4.78 is 27.3. The Bertz CT molecular complexity index is 1350. The maximum atomic E-state index is 12.9. The molecule has 1 aliphatic heterocycles. The summed E-state index contributed by atoms with van der Waals surface area (Å²) in [5, 5.41) is 13.0. The van der Waals surface area contributed by atoms with Crippen molar-refractivity contribution < 1.29 is 8.42 Å². The maximum absolute atomic E-state index is 12.9. The Kier molecular flexibility index (Phi) is 6.75. The van der Waals surface area contributed by atoms with Crippen LogP contribution < -0.4 is 16.6 Å². The minimum Gasteiger partial charge on any atom is -0.383 e. The van der Waals surface area contributed by atoms with E-state index in [0.717, 1.165) is 32.1 Å². The van der Waals surface area contributed by atoms with E-state index in [1.165, 1.54) is 4.31 Å². The Morgan fingerprint density at radius 1 is 1.23 bits per heavy atom. The fourth-order valence-corrected chi connectivity index (χ4v) is 6.81. The van der Waals surface area contributed by atoms with Gasteiger partial charge in [0.25, 0.3) is 5.56 Å². The zero-order valence-corrected chi connectivity index (χ0v) is 21.2. The monoisotopic (exact) mass is 496 g/mol. The number of benzene rings is 1.